The fourth-order valence-electron chi connectivity index (χ4n) is 1.32. The third-order valence-electron chi connectivity index (χ3n) is 2.05. The Labute approximate surface area is 67.7 Å². The average Bonchev–Trinajstić information content (AvgIpc) is 2.31. The van der Waals surface area contributed by atoms with Crippen molar-refractivity contribution in [2.75, 3.05) is 13.2 Å². The number of ether oxygens (including phenoxy) is 1. The summed E-state index contributed by atoms with van der Waals surface area (Å²) in [5.74, 6) is 0. The third-order valence-corrected chi connectivity index (χ3v) is 2.05. The van der Waals surface area contributed by atoms with Crippen LogP contribution < -0.4 is 5.32 Å². The van der Waals surface area contributed by atoms with Gasteiger partial charge in [-0.05, 0) is 20.3 Å². The van der Waals surface area contributed by atoms with Crippen LogP contribution in [0.1, 0.15) is 20.3 Å². The first kappa shape index (κ1) is 8.97. The molecular formula is C8H17NO2. The van der Waals surface area contributed by atoms with E-state index in [1.165, 1.54) is 0 Å². The van der Waals surface area contributed by atoms with Gasteiger partial charge in [0.25, 0.3) is 0 Å². The number of nitrogens with one attached hydrogen (secondary N) is 1. The molecule has 0 aromatic carbocycles. The van der Waals surface area contributed by atoms with Crippen LogP contribution in [-0.2, 0) is 4.74 Å². The number of aliphatic hydroxyl groups excluding tert-OH is 1. The predicted octanol–water partition coefficient (Wildman–Crippen LogP) is 0.134. The summed E-state index contributed by atoms with van der Waals surface area (Å²) in [6, 6.07) is 0.435. The zero-order chi connectivity index (χ0) is 8.27. The molecule has 66 valence electrons. The van der Waals surface area contributed by atoms with Crippen molar-refractivity contribution in [2.24, 2.45) is 0 Å². The lowest BCUT2D eigenvalue weighted by molar-refractivity contribution is 0.108. The van der Waals surface area contributed by atoms with E-state index >= 15 is 0 Å². The number of rotatable bonds is 3. The molecule has 0 aliphatic carbocycles. The molecule has 0 radical (unpaired) electrons. The molecule has 0 aromatic rings. The van der Waals surface area contributed by atoms with Crippen molar-refractivity contribution >= 4 is 0 Å². The highest BCUT2D eigenvalue weighted by molar-refractivity contribution is 4.79. The minimum absolute atomic E-state index is 0.261. The van der Waals surface area contributed by atoms with Gasteiger partial charge < -0.3 is 15.2 Å². The second kappa shape index (κ2) is 4.04. The maximum atomic E-state index is 9.00. The minimum atomic E-state index is -0.261. The Hall–Kier alpha value is -0.120. The molecule has 3 atom stereocenters. The largest absolute Gasteiger partial charge is 0.392 e. The lowest BCUT2D eigenvalue weighted by Crippen LogP contribution is -2.38. The van der Waals surface area contributed by atoms with Crippen LogP contribution in [0.5, 0.6) is 0 Å². The van der Waals surface area contributed by atoms with E-state index in [2.05, 4.69) is 12.2 Å². The summed E-state index contributed by atoms with van der Waals surface area (Å²) in [6.07, 6.45) is 1.10. The van der Waals surface area contributed by atoms with Gasteiger partial charge in [-0.2, -0.15) is 0 Å². The third kappa shape index (κ3) is 2.77. The van der Waals surface area contributed by atoms with Crippen molar-refractivity contribution in [1.29, 1.82) is 0 Å². The molecule has 1 rings (SSSR count). The number of hydrogen-bond donors (Lipinski definition) is 2. The second-order valence-corrected chi connectivity index (χ2v) is 3.23. The van der Waals surface area contributed by atoms with Crippen molar-refractivity contribution < 1.29 is 9.84 Å². The first-order valence-corrected chi connectivity index (χ1v) is 4.23. The van der Waals surface area contributed by atoms with Crippen LogP contribution in [0.4, 0.5) is 0 Å². The van der Waals surface area contributed by atoms with Gasteiger partial charge in [0, 0.05) is 19.2 Å². The van der Waals surface area contributed by atoms with Crippen LogP contribution in [0.25, 0.3) is 0 Å². The normalized spacial score (nSPS) is 34.1. The van der Waals surface area contributed by atoms with E-state index in [-0.39, 0.29) is 6.10 Å². The molecule has 1 aliphatic rings. The Bertz CT molecular complexity index is 117. The molecule has 1 saturated heterocycles. The molecule has 1 aliphatic heterocycles. The molecule has 0 bridgehead atoms. The zero-order valence-corrected chi connectivity index (χ0v) is 7.21. The molecule has 3 heteroatoms. The van der Waals surface area contributed by atoms with Gasteiger partial charge >= 0.3 is 0 Å². The maximum absolute atomic E-state index is 9.00. The first-order chi connectivity index (χ1) is 5.20. The minimum Gasteiger partial charge on any atom is -0.392 e. The van der Waals surface area contributed by atoms with Gasteiger partial charge in [0.05, 0.1) is 12.2 Å². The van der Waals surface area contributed by atoms with Crippen LogP contribution in [-0.4, -0.2) is 36.5 Å². The van der Waals surface area contributed by atoms with Gasteiger partial charge in [-0.25, -0.2) is 0 Å². The molecule has 3 nitrogen and oxygen atoms in total. The second-order valence-electron chi connectivity index (χ2n) is 3.23. The van der Waals surface area contributed by atoms with Gasteiger partial charge in [-0.15, -0.1) is 0 Å². The van der Waals surface area contributed by atoms with Gasteiger partial charge in [0.1, 0.15) is 0 Å². The van der Waals surface area contributed by atoms with Crippen LogP contribution in [0.15, 0.2) is 0 Å². The molecule has 0 saturated carbocycles. The van der Waals surface area contributed by atoms with Gasteiger partial charge in [-0.1, -0.05) is 0 Å². The highest BCUT2D eigenvalue weighted by Gasteiger charge is 2.23. The quantitative estimate of drug-likeness (QED) is 0.615. The Kier molecular flexibility index (Phi) is 3.30. The van der Waals surface area contributed by atoms with Gasteiger partial charge in [0.2, 0.25) is 0 Å². The summed E-state index contributed by atoms with van der Waals surface area (Å²) in [7, 11) is 0. The van der Waals surface area contributed by atoms with E-state index in [0.29, 0.717) is 18.7 Å². The maximum Gasteiger partial charge on any atom is 0.0700 e. The number of hydrogen-bond acceptors (Lipinski definition) is 3. The monoisotopic (exact) mass is 159 g/mol. The van der Waals surface area contributed by atoms with E-state index in [1.807, 2.05) is 0 Å². The van der Waals surface area contributed by atoms with Crippen molar-refractivity contribution in [3.8, 4) is 0 Å². The molecular weight excluding hydrogens is 142 g/mol. The van der Waals surface area contributed by atoms with Crippen molar-refractivity contribution in [3.05, 3.63) is 0 Å². The molecule has 1 heterocycles. The molecule has 0 aromatic heterocycles. The zero-order valence-electron chi connectivity index (χ0n) is 7.21. The molecule has 0 amide bonds. The summed E-state index contributed by atoms with van der Waals surface area (Å²) < 4.78 is 5.35. The molecule has 11 heavy (non-hydrogen) atoms. The van der Waals surface area contributed by atoms with Crippen LogP contribution in [0, 0.1) is 0 Å². The molecule has 0 spiro atoms. The lowest BCUT2D eigenvalue weighted by atomic mass is 10.1. The lowest BCUT2D eigenvalue weighted by Gasteiger charge is -2.16. The van der Waals surface area contributed by atoms with Crippen molar-refractivity contribution in [2.45, 2.75) is 38.5 Å². The summed E-state index contributed by atoms with van der Waals surface area (Å²) in [5.41, 5.74) is 0. The summed E-state index contributed by atoms with van der Waals surface area (Å²) in [5, 5.41) is 12.3. The van der Waals surface area contributed by atoms with E-state index < -0.39 is 0 Å². The predicted molar refractivity (Wildman–Crippen MR) is 43.5 cm³/mol. The highest BCUT2D eigenvalue weighted by atomic mass is 16.5. The van der Waals surface area contributed by atoms with Crippen molar-refractivity contribution in [1.82, 2.24) is 5.32 Å². The average molecular weight is 159 g/mol. The van der Waals surface area contributed by atoms with Gasteiger partial charge in [-0.3, -0.25) is 0 Å². The Morgan fingerprint density at radius 2 is 2.45 bits per heavy atom. The molecule has 2 N–H and O–H groups in total. The highest BCUT2D eigenvalue weighted by Crippen LogP contribution is 2.11. The first-order valence-electron chi connectivity index (χ1n) is 4.23. The molecule has 1 fully saturated rings. The summed E-state index contributed by atoms with van der Waals surface area (Å²) >= 11 is 0. The smallest absolute Gasteiger partial charge is 0.0700 e. The van der Waals surface area contributed by atoms with Crippen LogP contribution >= 0.6 is 0 Å². The van der Waals surface area contributed by atoms with Crippen LogP contribution in [0.3, 0.4) is 0 Å². The van der Waals surface area contributed by atoms with E-state index in [9.17, 15) is 0 Å². The van der Waals surface area contributed by atoms with Gasteiger partial charge in [0.15, 0.2) is 0 Å². The topological polar surface area (TPSA) is 41.5 Å². The molecule has 0 unspecified atom stereocenters. The SMILES string of the molecule is C[C@@H](O)CN[C@@H]1CCO[C@@H]1C. The number of aliphatic hydroxyl groups is 1. The fraction of sp³-hybridized carbons (Fsp3) is 1.00. The van der Waals surface area contributed by atoms with Crippen LogP contribution in [0.2, 0.25) is 0 Å². The van der Waals surface area contributed by atoms with E-state index in [4.69, 9.17) is 9.84 Å². The van der Waals surface area contributed by atoms with Crippen molar-refractivity contribution in [3.63, 3.8) is 0 Å². The Morgan fingerprint density at radius 3 is 2.91 bits per heavy atom. The Morgan fingerprint density at radius 1 is 1.73 bits per heavy atom. The standard InChI is InChI=1S/C8H17NO2/c1-6(10)5-9-8-3-4-11-7(8)2/h6-10H,3-5H2,1-2H3/t6-,7-,8-/m1/s1. The van der Waals surface area contributed by atoms with E-state index in [1.54, 1.807) is 6.92 Å². The summed E-state index contributed by atoms with van der Waals surface area (Å²) in [4.78, 5) is 0. The summed E-state index contributed by atoms with van der Waals surface area (Å²) in [6.45, 7) is 5.36. The fourth-order valence-corrected chi connectivity index (χ4v) is 1.32. The van der Waals surface area contributed by atoms with E-state index in [0.717, 1.165) is 13.0 Å². The Balaban J connectivity index is 2.15.